The third-order valence-corrected chi connectivity index (χ3v) is 4.60. The first-order chi connectivity index (χ1) is 10.6. The number of Topliss-reactive ketones (excluding diaryl/α,β-unsaturated/α-hetero) is 1. The second kappa shape index (κ2) is 6.41. The maximum atomic E-state index is 11.9. The van der Waals surface area contributed by atoms with Gasteiger partial charge in [0.15, 0.2) is 10.9 Å². The Hall–Kier alpha value is -1.99. The van der Waals surface area contributed by atoms with E-state index in [0.29, 0.717) is 12.8 Å². The fourth-order valence-electron chi connectivity index (χ4n) is 2.78. The topological polar surface area (TPSA) is 49.9 Å². The van der Waals surface area contributed by atoms with Crippen LogP contribution in [0.2, 0.25) is 0 Å². The third-order valence-electron chi connectivity index (χ3n) is 3.78. The maximum Gasteiger partial charge on any atom is 0.185 e. The molecule has 2 aromatic rings. The van der Waals surface area contributed by atoms with E-state index < -0.39 is 0 Å². The van der Waals surface area contributed by atoms with Crippen molar-refractivity contribution in [3.63, 3.8) is 0 Å². The van der Waals surface area contributed by atoms with Crippen LogP contribution < -0.4 is 0 Å². The lowest BCUT2D eigenvalue weighted by Gasteiger charge is -2.09. The number of fused-ring (bicyclic) bond motifs is 3. The van der Waals surface area contributed by atoms with Gasteiger partial charge in [0.2, 0.25) is 0 Å². The van der Waals surface area contributed by atoms with Crippen LogP contribution in [0.25, 0.3) is 10.9 Å². The molecule has 0 aliphatic heterocycles. The van der Waals surface area contributed by atoms with Gasteiger partial charge in [0.05, 0.1) is 5.69 Å². The van der Waals surface area contributed by atoms with Gasteiger partial charge >= 0.3 is 0 Å². The number of nitrogens with one attached hydrogen (secondary N) is 1. The second-order valence-corrected chi connectivity index (χ2v) is 6.68. The summed E-state index contributed by atoms with van der Waals surface area (Å²) in [6, 6.07) is 6.03. The van der Waals surface area contributed by atoms with E-state index in [9.17, 15) is 9.59 Å². The first-order valence-corrected chi connectivity index (χ1v) is 8.44. The van der Waals surface area contributed by atoms with Crippen LogP contribution in [0, 0.1) is 11.8 Å². The van der Waals surface area contributed by atoms with Crippen LogP contribution in [-0.4, -0.2) is 21.6 Å². The average molecular weight is 311 g/mol. The minimum absolute atomic E-state index is 0.131. The molecule has 0 radical (unpaired) electrons. The molecule has 0 unspecified atom stereocenters. The van der Waals surface area contributed by atoms with Gasteiger partial charge in [0.1, 0.15) is 0 Å². The predicted molar refractivity (Wildman–Crippen MR) is 90.2 cm³/mol. The highest BCUT2D eigenvalue weighted by Gasteiger charge is 2.21. The van der Waals surface area contributed by atoms with Crippen molar-refractivity contribution in [3.05, 3.63) is 35.0 Å². The zero-order valence-electron chi connectivity index (χ0n) is 12.5. The lowest BCUT2D eigenvalue weighted by atomic mass is 9.94. The summed E-state index contributed by atoms with van der Waals surface area (Å²) >= 11 is 1.31. The minimum Gasteiger partial charge on any atom is -0.352 e. The summed E-state index contributed by atoms with van der Waals surface area (Å²) in [5.74, 6) is 7.20. The van der Waals surface area contributed by atoms with Crippen LogP contribution >= 0.6 is 11.8 Å². The van der Waals surface area contributed by atoms with Gasteiger partial charge < -0.3 is 4.98 Å². The summed E-state index contributed by atoms with van der Waals surface area (Å²) in [6.45, 7) is 1.57. The van der Waals surface area contributed by atoms with Crippen molar-refractivity contribution < 1.29 is 9.59 Å². The van der Waals surface area contributed by atoms with E-state index in [-0.39, 0.29) is 10.9 Å². The molecule has 112 valence electrons. The van der Waals surface area contributed by atoms with Crippen molar-refractivity contribution in [2.45, 2.75) is 32.6 Å². The van der Waals surface area contributed by atoms with E-state index in [1.165, 1.54) is 11.8 Å². The molecule has 3 nitrogen and oxygen atoms in total. The first-order valence-electron chi connectivity index (χ1n) is 7.45. The summed E-state index contributed by atoms with van der Waals surface area (Å²) in [7, 11) is 0. The Labute approximate surface area is 133 Å². The predicted octanol–water partition coefficient (Wildman–Crippen LogP) is 3.71. The summed E-state index contributed by atoms with van der Waals surface area (Å²) in [4.78, 5) is 26.0. The molecule has 0 saturated heterocycles. The van der Waals surface area contributed by atoms with Gasteiger partial charge in [-0.3, -0.25) is 9.59 Å². The van der Waals surface area contributed by atoms with E-state index >= 15 is 0 Å². The molecule has 0 atom stereocenters. The Bertz CT molecular complexity index is 808. The molecule has 1 aromatic carbocycles. The molecule has 1 heterocycles. The number of rotatable bonds is 2. The molecule has 0 amide bonds. The second-order valence-electron chi connectivity index (χ2n) is 5.41. The fraction of sp³-hybridized carbons (Fsp3) is 0.333. The Morgan fingerprint density at radius 2 is 2.23 bits per heavy atom. The van der Waals surface area contributed by atoms with Gasteiger partial charge in [-0.1, -0.05) is 23.6 Å². The molecule has 3 rings (SSSR count). The summed E-state index contributed by atoms with van der Waals surface area (Å²) in [6.07, 6.45) is 3.22. The SMILES string of the molecule is CC(=O)SCCC#Cc1ccc2[nH]c3c(c2c1)CCCC3=O. The molecule has 1 aliphatic carbocycles. The summed E-state index contributed by atoms with van der Waals surface area (Å²) in [5.41, 5.74) is 3.89. The Morgan fingerprint density at radius 3 is 3.05 bits per heavy atom. The van der Waals surface area contributed by atoms with E-state index in [1.54, 1.807) is 6.92 Å². The van der Waals surface area contributed by atoms with Crippen molar-refractivity contribution in [2.75, 3.05) is 5.75 Å². The highest BCUT2D eigenvalue weighted by atomic mass is 32.2. The van der Waals surface area contributed by atoms with Crippen LogP contribution in [0.3, 0.4) is 0 Å². The lowest BCUT2D eigenvalue weighted by Crippen LogP contribution is -2.09. The molecular formula is C18H17NO2S. The molecule has 1 N–H and O–H groups in total. The number of aryl methyl sites for hydroxylation is 1. The number of ketones is 1. The van der Waals surface area contributed by atoms with Crippen LogP contribution in [0.1, 0.15) is 47.8 Å². The highest BCUT2D eigenvalue weighted by Crippen LogP contribution is 2.29. The quantitative estimate of drug-likeness (QED) is 0.679. The summed E-state index contributed by atoms with van der Waals surface area (Å²) in [5, 5.41) is 1.25. The monoisotopic (exact) mass is 311 g/mol. The molecule has 1 aromatic heterocycles. The van der Waals surface area contributed by atoms with E-state index in [1.807, 2.05) is 12.1 Å². The molecule has 22 heavy (non-hydrogen) atoms. The van der Waals surface area contributed by atoms with Gasteiger partial charge in [-0.05, 0) is 36.6 Å². The van der Waals surface area contributed by atoms with Crippen molar-refractivity contribution in [1.82, 2.24) is 4.98 Å². The zero-order valence-corrected chi connectivity index (χ0v) is 13.3. The largest absolute Gasteiger partial charge is 0.352 e. The number of hydrogen-bond acceptors (Lipinski definition) is 3. The molecule has 0 bridgehead atoms. The van der Waals surface area contributed by atoms with E-state index in [2.05, 4.69) is 22.9 Å². The molecule has 4 heteroatoms. The Balaban J connectivity index is 1.82. The molecule has 0 spiro atoms. The molecule has 0 fully saturated rings. The zero-order chi connectivity index (χ0) is 15.5. The van der Waals surface area contributed by atoms with Crippen LogP contribution in [0.15, 0.2) is 18.2 Å². The third kappa shape index (κ3) is 3.10. The number of aromatic amines is 1. The van der Waals surface area contributed by atoms with Gasteiger partial charge in [-0.2, -0.15) is 0 Å². The molecule has 1 aliphatic rings. The highest BCUT2D eigenvalue weighted by molar-refractivity contribution is 8.13. The Morgan fingerprint density at radius 1 is 1.36 bits per heavy atom. The number of thioether (sulfide) groups is 1. The van der Waals surface area contributed by atoms with E-state index in [4.69, 9.17) is 0 Å². The smallest absolute Gasteiger partial charge is 0.185 e. The van der Waals surface area contributed by atoms with Gasteiger partial charge in [-0.25, -0.2) is 0 Å². The number of benzene rings is 1. The fourth-order valence-corrected chi connectivity index (χ4v) is 3.28. The van der Waals surface area contributed by atoms with Gasteiger partial charge in [0, 0.05) is 42.0 Å². The van der Waals surface area contributed by atoms with Crippen molar-refractivity contribution in [1.29, 1.82) is 0 Å². The van der Waals surface area contributed by atoms with E-state index in [0.717, 1.165) is 46.3 Å². The number of carbonyl (C=O) groups excluding carboxylic acids is 2. The number of aromatic nitrogens is 1. The van der Waals surface area contributed by atoms with Crippen molar-refractivity contribution in [2.24, 2.45) is 0 Å². The normalized spacial score (nSPS) is 13.6. The molecule has 0 saturated carbocycles. The van der Waals surface area contributed by atoms with Crippen LogP contribution in [-0.2, 0) is 11.2 Å². The standard InChI is InChI=1S/C18H17NO2S/c1-12(20)22-10-3-2-5-13-8-9-16-15(11-13)14-6-4-7-17(21)18(14)19-16/h8-9,11,19H,3-4,6-7,10H2,1H3. The number of carbonyl (C=O) groups is 2. The van der Waals surface area contributed by atoms with Crippen LogP contribution in [0.4, 0.5) is 0 Å². The number of hydrogen-bond donors (Lipinski definition) is 1. The summed E-state index contributed by atoms with van der Waals surface area (Å²) < 4.78 is 0. The van der Waals surface area contributed by atoms with Crippen molar-refractivity contribution >= 4 is 33.6 Å². The van der Waals surface area contributed by atoms with Gasteiger partial charge in [0.25, 0.3) is 0 Å². The number of H-pyrrole nitrogens is 1. The Kier molecular flexibility index (Phi) is 4.35. The average Bonchev–Trinajstić information content (AvgIpc) is 2.86. The first kappa shape index (κ1) is 14.9. The minimum atomic E-state index is 0.131. The maximum absolute atomic E-state index is 11.9. The molecular weight excluding hydrogens is 294 g/mol. The van der Waals surface area contributed by atoms with Crippen LogP contribution in [0.5, 0.6) is 0 Å². The van der Waals surface area contributed by atoms with Crippen molar-refractivity contribution in [3.8, 4) is 11.8 Å². The van der Waals surface area contributed by atoms with Gasteiger partial charge in [-0.15, -0.1) is 0 Å². The lowest BCUT2D eigenvalue weighted by molar-refractivity contribution is -0.109.